The van der Waals surface area contributed by atoms with E-state index in [1.54, 1.807) is 0 Å². The Kier molecular flexibility index (Phi) is 2.23. The average molecular weight is 215 g/mol. The first-order valence-corrected chi connectivity index (χ1v) is 6.20. The van der Waals surface area contributed by atoms with Crippen molar-refractivity contribution in [3.05, 3.63) is 35.4 Å². The van der Waals surface area contributed by atoms with Gasteiger partial charge in [-0.3, -0.25) is 4.79 Å². The van der Waals surface area contributed by atoms with Crippen molar-refractivity contribution in [2.24, 2.45) is 0 Å². The third kappa shape index (κ3) is 1.44. The van der Waals surface area contributed by atoms with Gasteiger partial charge >= 0.3 is 0 Å². The van der Waals surface area contributed by atoms with Crippen LogP contribution in [0, 0.1) is 0 Å². The lowest BCUT2D eigenvalue weighted by atomic mass is 9.72. The highest BCUT2D eigenvalue weighted by molar-refractivity contribution is 5.78. The summed E-state index contributed by atoms with van der Waals surface area (Å²) in [5.74, 6) is 0.225. The molecule has 3 rings (SSSR count). The summed E-state index contributed by atoms with van der Waals surface area (Å²) in [7, 11) is 0. The lowest BCUT2D eigenvalue weighted by molar-refractivity contribution is -0.125. The summed E-state index contributed by atoms with van der Waals surface area (Å²) in [6.45, 7) is 0. The zero-order chi connectivity index (χ0) is 11.0. The summed E-state index contributed by atoms with van der Waals surface area (Å²) in [5, 5.41) is 3.25. The molecule has 1 saturated heterocycles. The Morgan fingerprint density at radius 1 is 1.06 bits per heavy atom. The van der Waals surface area contributed by atoms with Crippen LogP contribution >= 0.6 is 0 Å². The molecule has 2 aliphatic rings. The van der Waals surface area contributed by atoms with Crippen molar-refractivity contribution in [3.63, 3.8) is 0 Å². The SMILES string of the molecule is O=C1CCC[C@]2(CCCc3ccccc32)N1. The lowest BCUT2D eigenvalue weighted by Gasteiger charge is -2.42. The van der Waals surface area contributed by atoms with Crippen LogP contribution in [0.25, 0.3) is 0 Å². The van der Waals surface area contributed by atoms with E-state index in [4.69, 9.17) is 0 Å². The zero-order valence-corrected chi connectivity index (χ0v) is 9.46. The van der Waals surface area contributed by atoms with E-state index in [-0.39, 0.29) is 11.4 Å². The molecule has 0 radical (unpaired) electrons. The topological polar surface area (TPSA) is 29.1 Å². The first kappa shape index (κ1) is 9.88. The Labute approximate surface area is 96.1 Å². The predicted molar refractivity (Wildman–Crippen MR) is 63.1 cm³/mol. The van der Waals surface area contributed by atoms with Crippen LogP contribution in [0.4, 0.5) is 0 Å². The van der Waals surface area contributed by atoms with Gasteiger partial charge in [-0.25, -0.2) is 0 Å². The molecule has 1 atom stereocenters. The molecule has 2 nitrogen and oxygen atoms in total. The van der Waals surface area contributed by atoms with Crippen LogP contribution < -0.4 is 5.32 Å². The standard InChI is InChI=1S/C14H17NO/c16-13-8-4-10-14(15-13)9-3-6-11-5-1-2-7-12(11)14/h1-2,5,7H,3-4,6,8-10H2,(H,15,16)/t14-/m0/s1. The molecule has 1 amide bonds. The number of carbonyl (C=O) groups is 1. The summed E-state index contributed by atoms with van der Waals surface area (Å²) < 4.78 is 0. The van der Waals surface area contributed by atoms with Gasteiger partial charge in [0.25, 0.3) is 0 Å². The van der Waals surface area contributed by atoms with E-state index < -0.39 is 0 Å². The number of carbonyl (C=O) groups excluding carboxylic acids is 1. The van der Waals surface area contributed by atoms with E-state index in [9.17, 15) is 4.79 Å². The Balaban J connectivity index is 2.05. The van der Waals surface area contributed by atoms with Gasteiger partial charge in [0, 0.05) is 6.42 Å². The molecule has 1 heterocycles. The fourth-order valence-electron chi connectivity index (χ4n) is 3.25. The molecule has 1 aliphatic carbocycles. The highest BCUT2D eigenvalue weighted by Gasteiger charge is 2.39. The molecule has 1 N–H and O–H groups in total. The smallest absolute Gasteiger partial charge is 0.220 e. The van der Waals surface area contributed by atoms with Gasteiger partial charge in [-0.05, 0) is 43.2 Å². The van der Waals surface area contributed by atoms with Gasteiger partial charge in [-0.15, -0.1) is 0 Å². The predicted octanol–water partition coefficient (Wildman–Crippen LogP) is 2.52. The number of benzene rings is 1. The second-order valence-corrected chi connectivity index (χ2v) is 4.99. The van der Waals surface area contributed by atoms with Crippen LogP contribution in [0.2, 0.25) is 0 Å². The minimum absolute atomic E-state index is 0.0375. The van der Waals surface area contributed by atoms with Gasteiger partial charge in [-0.1, -0.05) is 24.3 Å². The molecular formula is C14H17NO. The van der Waals surface area contributed by atoms with E-state index in [1.165, 1.54) is 17.5 Å². The van der Waals surface area contributed by atoms with Gasteiger partial charge in [0.2, 0.25) is 5.91 Å². The fourth-order valence-corrected chi connectivity index (χ4v) is 3.25. The number of amides is 1. The molecule has 0 unspecified atom stereocenters. The lowest BCUT2D eigenvalue weighted by Crippen LogP contribution is -2.50. The van der Waals surface area contributed by atoms with E-state index >= 15 is 0 Å². The summed E-state index contributed by atoms with van der Waals surface area (Å²) in [4.78, 5) is 11.6. The van der Waals surface area contributed by atoms with Gasteiger partial charge in [-0.2, -0.15) is 0 Å². The molecule has 1 spiro atoms. The Hall–Kier alpha value is -1.31. The number of aryl methyl sites for hydroxylation is 1. The van der Waals surface area contributed by atoms with E-state index in [0.29, 0.717) is 6.42 Å². The van der Waals surface area contributed by atoms with Crippen molar-refractivity contribution >= 4 is 5.91 Å². The minimum atomic E-state index is -0.0375. The van der Waals surface area contributed by atoms with Crippen LogP contribution in [0.1, 0.15) is 43.2 Å². The summed E-state index contributed by atoms with van der Waals surface area (Å²) in [6, 6.07) is 8.59. The summed E-state index contributed by atoms with van der Waals surface area (Å²) in [6.07, 6.45) is 6.29. The minimum Gasteiger partial charge on any atom is -0.347 e. The maximum atomic E-state index is 11.6. The second kappa shape index (κ2) is 3.62. The first-order chi connectivity index (χ1) is 7.80. The highest BCUT2D eigenvalue weighted by atomic mass is 16.1. The largest absolute Gasteiger partial charge is 0.347 e. The summed E-state index contributed by atoms with van der Waals surface area (Å²) >= 11 is 0. The Morgan fingerprint density at radius 2 is 1.81 bits per heavy atom. The third-order valence-electron chi connectivity index (χ3n) is 3.97. The van der Waals surface area contributed by atoms with Crippen molar-refractivity contribution in [2.75, 3.05) is 0 Å². The highest BCUT2D eigenvalue weighted by Crippen LogP contribution is 2.40. The number of hydrogen-bond acceptors (Lipinski definition) is 1. The molecule has 16 heavy (non-hydrogen) atoms. The second-order valence-electron chi connectivity index (χ2n) is 4.99. The van der Waals surface area contributed by atoms with Crippen LogP contribution in [0.15, 0.2) is 24.3 Å². The zero-order valence-electron chi connectivity index (χ0n) is 9.46. The van der Waals surface area contributed by atoms with Crippen LogP contribution in [0.5, 0.6) is 0 Å². The molecule has 2 heteroatoms. The van der Waals surface area contributed by atoms with E-state index in [2.05, 4.69) is 29.6 Å². The van der Waals surface area contributed by atoms with Crippen molar-refractivity contribution in [2.45, 2.75) is 44.1 Å². The first-order valence-electron chi connectivity index (χ1n) is 6.20. The van der Waals surface area contributed by atoms with Crippen LogP contribution in [-0.2, 0) is 16.8 Å². The molecule has 84 valence electrons. The van der Waals surface area contributed by atoms with Crippen LogP contribution in [-0.4, -0.2) is 5.91 Å². The number of hydrogen-bond donors (Lipinski definition) is 1. The molecule has 0 saturated carbocycles. The maximum Gasteiger partial charge on any atom is 0.220 e. The van der Waals surface area contributed by atoms with Gasteiger partial charge in [0.15, 0.2) is 0 Å². The maximum absolute atomic E-state index is 11.6. The molecule has 1 aromatic carbocycles. The van der Waals surface area contributed by atoms with Crippen molar-refractivity contribution in [3.8, 4) is 0 Å². The van der Waals surface area contributed by atoms with E-state index in [0.717, 1.165) is 25.7 Å². The third-order valence-corrected chi connectivity index (χ3v) is 3.97. The molecule has 1 fully saturated rings. The Bertz CT molecular complexity index is 426. The fraction of sp³-hybridized carbons (Fsp3) is 0.500. The van der Waals surface area contributed by atoms with Gasteiger partial charge in [0.05, 0.1) is 5.54 Å². The monoisotopic (exact) mass is 215 g/mol. The van der Waals surface area contributed by atoms with Gasteiger partial charge < -0.3 is 5.32 Å². The molecule has 0 bridgehead atoms. The molecule has 1 aliphatic heterocycles. The average Bonchev–Trinajstić information content (AvgIpc) is 2.30. The van der Waals surface area contributed by atoms with Crippen LogP contribution in [0.3, 0.4) is 0 Å². The molecular weight excluding hydrogens is 198 g/mol. The number of fused-ring (bicyclic) bond motifs is 2. The molecule has 0 aromatic heterocycles. The van der Waals surface area contributed by atoms with E-state index in [1.807, 2.05) is 0 Å². The number of rotatable bonds is 0. The van der Waals surface area contributed by atoms with Crippen molar-refractivity contribution in [1.29, 1.82) is 0 Å². The Morgan fingerprint density at radius 3 is 2.62 bits per heavy atom. The number of nitrogens with one attached hydrogen (secondary N) is 1. The van der Waals surface area contributed by atoms with Crippen molar-refractivity contribution < 1.29 is 4.79 Å². The normalized spacial score (nSPS) is 28.6. The number of piperidine rings is 1. The van der Waals surface area contributed by atoms with Crippen molar-refractivity contribution in [1.82, 2.24) is 5.32 Å². The summed E-state index contributed by atoms with van der Waals surface area (Å²) in [5.41, 5.74) is 2.76. The molecule has 1 aromatic rings. The quantitative estimate of drug-likeness (QED) is 0.708. The van der Waals surface area contributed by atoms with Gasteiger partial charge in [0.1, 0.15) is 0 Å².